The fraction of sp³-hybridized carbons (Fsp3) is 0.818. The van der Waals surface area contributed by atoms with Crippen LogP contribution in [0.1, 0.15) is 24.6 Å². The summed E-state index contributed by atoms with van der Waals surface area (Å²) in [6.07, 6.45) is -0.105. The molecule has 1 heterocycles. The van der Waals surface area contributed by atoms with Gasteiger partial charge in [0.2, 0.25) is 5.89 Å². The van der Waals surface area contributed by atoms with Crippen LogP contribution in [0.5, 0.6) is 0 Å². The van der Waals surface area contributed by atoms with Crippen molar-refractivity contribution in [2.75, 3.05) is 13.2 Å². The lowest BCUT2D eigenvalue weighted by atomic mass is 10.2. The molecular formula is C11H16F2N2O3. The zero-order chi connectivity index (χ0) is 13.0. The highest BCUT2D eigenvalue weighted by Crippen LogP contribution is 2.33. The number of aliphatic hydroxyl groups is 1. The Morgan fingerprint density at radius 2 is 2.22 bits per heavy atom. The van der Waals surface area contributed by atoms with Gasteiger partial charge in [0.05, 0.1) is 19.1 Å². The molecule has 7 heteroatoms. The van der Waals surface area contributed by atoms with Gasteiger partial charge in [0, 0.05) is 6.42 Å². The fourth-order valence-electron chi connectivity index (χ4n) is 1.64. The highest BCUT2D eigenvalue weighted by atomic mass is 19.3. The zero-order valence-corrected chi connectivity index (χ0v) is 9.89. The monoisotopic (exact) mass is 262 g/mol. The smallest absolute Gasteiger partial charge is 0.261 e. The largest absolute Gasteiger partial charge is 0.392 e. The average Bonchev–Trinajstić information content (AvgIpc) is 3.08. The number of halogens is 2. The molecule has 0 aromatic carbocycles. The number of nitrogens with zero attached hydrogens (tertiary/aromatic N) is 2. The Hall–Kier alpha value is -1.08. The molecular weight excluding hydrogens is 246 g/mol. The molecule has 1 fully saturated rings. The highest BCUT2D eigenvalue weighted by molar-refractivity contribution is 4.92. The van der Waals surface area contributed by atoms with Crippen molar-refractivity contribution in [1.82, 2.24) is 10.1 Å². The fourth-order valence-corrected chi connectivity index (χ4v) is 1.64. The van der Waals surface area contributed by atoms with Crippen molar-refractivity contribution in [1.29, 1.82) is 0 Å². The van der Waals surface area contributed by atoms with Crippen LogP contribution in [0, 0.1) is 5.92 Å². The van der Waals surface area contributed by atoms with Crippen molar-refractivity contribution in [3.05, 3.63) is 11.7 Å². The summed E-state index contributed by atoms with van der Waals surface area (Å²) in [6.45, 7) is -0.445. The van der Waals surface area contributed by atoms with E-state index in [0.717, 1.165) is 12.8 Å². The topological polar surface area (TPSA) is 68.4 Å². The molecule has 0 saturated heterocycles. The van der Waals surface area contributed by atoms with E-state index in [0.29, 0.717) is 30.5 Å². The maximum Gasteiger partial charge on any atom is 0.261 e. The van der Waals surface area contributed by atoms with Gasteiger partial charge in [-0.2, -0.15) is 4.98 Å². The van der Waals surface area contributed by atoms with Gasteiger partial charge < -0.3 is 14.4 Å². The predicted molar refractivity (Wildman–Crippen MR) is 57.3 cm³/mol. The Morgan fingerprint density at radius 1 is 1.44 bits per heavy atom. The van der Waals surface area contributed by atoms with Crippen molar-refractivity contribution in [2.24, 2.45) is 5.92 Å². The molecule has 1 saturated carbocycles. The van der Waals surface area contributed by atoms with Crippen molar-refractivity contribution >= 4 is 0 Å². The number of rotatable bonds is 8. The summed E-state index contributed by atoms with van der Waals surface area (Å²) < 4.78 is 33.3. The van der Waals surface area contributed by atoms with Gasteiger partial charge in [-0.15, -0.1) is 0 Å². The minimum Gasteiger partial charge on any atom is -0.392 e. The van der Waals surface area contributed by atoms with E-state index in [1.807, 2.05) is 0 Å². The van der Waals surface area contributed by atoms with Gasteiger partial charge >= 0.3 is 0 Å². The third-order valence-corrected chi connectivity index (χ3v) is 2.77. The van der Waals surface area contributed by atoms with Crippen LogP contribution in [-0.2, 0) is 17.6 Å². The van der Waals surface area contributed by atoms with E-state index in [4.69, 9.17) is 9.26 Å². The van der Waals surface area contributed by atoms with Gasteiger partial charge in [0.15, 0.2) is 5.82 Å². The number of hydrogen-bond donors (Lipinski definition) is 1. The molecule has 1 aliphatic carbocycles. The van der Waals surface area contributed by atoms with Gasteiger partial charge in [-0.3, -0.25) is 0 Å². The maximum atomic E-state index is 11.8. The molecule has 0 bridgehead atoms. The Labute approximate surface area is 103 Å². The molecule has 0 spiro atoms. The molecule has 1 aromatic rings. The standard InChI is InChI=1S/C11H16F2N2O3/c12-9(13)6-17-4-3-10-14-11(18-15-10)5-8(16)7-1-2-7/h7-9,16H,1-6H2. The number of aliphatic hydroxyl groups excluding tert-OH is 1. The van der Waals surface area contributed by atoms with Crippen LogP contribution < -0.4 is 0 Å². The molecule has 1 N–H and O–H groups in total. The van der Waals surface area contributed by atoms with Crippen molar-refractivity contribution in [3.8, 4) is 0 Å². The van der Waals surface area contributed by atoms with Crippen LogP contribution in [0.15, 0.2) is 4.52 Å². The summed E-state index contributed by atoms with van der Waals surface area (Å²) in [5.74, 6) is 1.16. The van der Waals surface area contributed by atoms with E-state index < -0.39 is 19.1 Å². The molecule has 1 aromatic heterocycles. The third kappa shape index (κ3) is 4.30. The minimum absolute atomic E-state index is 0.133. The second-order valence-corrected chi connectivity index (χ2v) is 4.43. The summed E-state index contributed by atoms with van der Waals surface area (Å²) >= 11 is 0. The minimum atomic E-state index is -2.46. The van der Waals surface area contributed by atoms with Crippen LogP contribution in [-0.4, -0.2) is 41.0 Å². The first-order valence-corrected chi connectivity index (χ1v) is 6.00. The number of aromatic nitrogens is 2. The number of ether oxygens (including phenoxy) is 1. The highest BCUT2D eigenvalue weighted by Gasteiger charge is 2.30. The molecule has 102 valence electrons. The van der Waals surface area contributed by atoms with Crippen molar-refractivity contribution < 1.29 is 23.1 Å². The quantitative estimate of drug-likeness (QED) is 0.713. The predicted octanol–water partition coefficient (Wildman–Crippen LogP) is 1.21. The van der Waals surface area contributed by atoms with Crippen LogP contribution in [0.4, 0.5) is 8.78 Å². The van der Waals surface area contributed by atoms with E-state index in [9.17, 15) is 13.9 Å². The average molecular weight is 262 g/mol. The first-order valence-electron chi connectivity index (χ1n) is 6.00. The lowest BCUT2D eigenvalue weighted by molar-refractivity contribution is 0.0182. The first kappa shape index (κ1) is 13.4. The Bertz CT molecular complexity index is 369. The SMILES string of the molecule is OC(Cc1nc(CCOCC(F)F)no1)C1CC1. The summed E-state index contributed by atoms with van der Waals surface area (Å²) in [7, 11) is 0. The van der Waals surface area contributed by atoms with E-state index in [-0.39, 0.29) is 6.61 Å². The molecule has 1 atom stereocenters. The lowest BCUT2D eigenvalue weighted by Gasteiger charge is -2.03. The van der Waals surface area contributed by atoms with E-state index >= 15 is 0 Å². The molecule has 18 heavy (non-hydrogen) atoms. The number of alkyl halides is 2. The lowest BCUT2D eigenvalue weighted by Crippen LogP contribution is -2.13. The Kier molecular flexibility index (Phi) is 4.60. The van der Waals surface area contributed by atoms with Crippen LogP contribution in [0.2, 0.25) is 0 Å². The molecule has 1 unspecified atom stereocenters. The molecule has 1 aliphatic rings. The van der Waals surface area contributed by atoms with Gasteiger partial charge in [-0.05, 0) is 18.8 Å². The van der Waals surface area contributed by atoms with Crippen LogP contribution >= 0.6 is 0 Å². The zero-order valence-electron chi connectivity index (χ0n) is 9.89. The normalized spacial score (nSPS) is 17.3. The summed E-state index contributed by atoms with van der Waals surface area (Å²) in [5.41, 5.74) is 0. The van der Waals surface area contributed by atoms with Crippen molar-refractivity contribution in [3.63, 3.8) is 0 Å². The van der Waals surface area contributed by atoms with Crippen LogP contribution in [0.25, 0.3) is 0 Å². The van der Waals surface area contributed by atoms with E-state index in [2.05, 4.69) is 10.1 Å². The van der Waals surface area contributed by atoms with Gasteiger partial charge in [0.1, 0.15) is 6.61 Å². The summed E-state index contributed by atoms with van der Waals surface area (Å²) in [5, 5.41) is 13.4. The van der Waals surface area contributed by atoms with Crippen molar-refractivity contribution in [2.45, 2.75) is 38.2 Å². The summed E-state index contributed by atoms with van der Waals surface area (Å²) in [6, 6.07) is 0. The first-order chi connectivity index (χ1) is 8.65. The van der Waals surface area contributed by atoms with E-state index in [1.165, 1.54) is 0 Å². The summed E-state index contributed by atoms with van der Waals surface area (Å²) in [4.78, 5) is 4.07. The van der Waals surface area contributed by atoms with E-state index in [1.54, 1.807) is 0 Å². The van der Waals surface area contributed by atoms with Crippen LogP contribution in [0.3, 0.4) is 0 Å². The third-order valence-electron chi connectivity index (χ3n) is 2.77. The molecule has 2 rings (SSSR count). The molecule has 0 radical (unpaired) electrons. The van der Waals surface area contributed by atoms with Gasteiger partial charge in [-0.1, -0.05) is 5.16 Å². The van der Waals surface area contributed by atoms with Gasteiger partial charge in [-0.25, -0.2) is 8.78 Å². The second kappa shape index (κ2) is 6.19. The Morgan fingerprint density at radius 3 is 2.89 bits per heavy atom. The Balaban J connectivity index is 1.68. The maximum absolute atomic E-state index is 11.8. The second-order valence-electron chi connectivity index (χ2n) is 4.43. The van der Waals surface area contributed by atoms with Gasteiger partial charge in [0.25, 0.3) is 6.43 Å². The molecule has 5 nitrogen and oxygen atoms in total. The number of hydrogen-bond acceptors (Lipinski definition) is 5. The molecule has 0 amide bonds. The molecule has 0 aliphatic heterocycles.